The molecular formula is C14H13N3O2S2. The van der Waals surface area contributed by atoms with E-state index in [0.717, 1.165) is 21.7 Å². The van der Waals surface area contributed by atoms with Gasteiger partial charge in [0.25, 0.3) is 0 Å². The van der Waals surface area contributed by atoms with Crippen LogP contribution in [0.2, 0.25) is 0 Å². The van der Waals surface area contributed by atoms with Crippen molar-refractivity contribution in [3.63, 3.8) is 0 Å². The molecule has 0 atom stereocenters. The second kappa shape index (κ2) is 5.09. The average molecular weight is 319 g/mol. The number of fused-ring (bicyclic) bond motifs is 1. The Morgan fingerprint density at radius 2 is 1.81 bits per heavy atom. The van der Waals surface area contributed by atoms with Crippen LogP contribution < -0.4 is 4.90 Å². The monoisotopic (exact) mass is 319 g/mol. The summed E-state index contributed by atoms with van der Waals surface area (Å²) in [6, 6.07) is 8.74. The predicted molar refractivity (Wildman–Crippen MR) is 85.0 cm³/mol. The largest absolute Gasteiger partial charge is 0.329 e. The molecule has 0 spiro atoms. The van der Waals surface area contributed by atoms with E-state index in [1.54, 1.807) is 35.6 Å². The summed E-state index contributed by atoms with van der Waals surface area (Å²) in [5, 5.41) is 2.96. The Morgan fingerprint density at radius 3 is 2.48 bits per heavy atom. The van der Waals surface area contributed by atoms with E-state index in [1.807, 2.05) is 23.4 Å². The molecule has 0 aliphatic rings. The molecule has 3 aromatic rings. The summed E-state index contributed by atoms with van der Waals surface area (Å²) in [6.07, 6.45) is 2.74. The fraction of sp³-hybridized carbons (Fsp3) is 0.143. The van der Waals surface area contributed by atoms with E-state index in [1.165, 1.54) is 12.6 Å². The topological polar surface area (TPSA) is 63.2 Å². The van der Waals surface area contributed by atoms with Gasteiger partial charge in [-0.3, -0.25) is 0 Å². The Balaban J connectivity index is 2.02. The third-order valence-electron chi connectivity index (χ3n) is 3.21. The maximum absolute atomic E-state index is 11.5. The van der Waals surface area contributed by atoms with Crippen LogP contribution in [0, 0.1) is 0 Å². The van der Waals surface area contributed by atoms with Crippen molar-refractivity contribution < 1.29 is 8.42 Å². The Hall–Kier alpha value is -1.99. The molecule has 0 aliphatic carbocycles. The molecule has 0 bridgehead atoms. The van der Waals surface area contributed by atoms with E-state index in [2.05, 4.69) is 9.97 Å². The Morgan fingerprint density at radius 1 is 1.10 bits per heavy atom. The lowest BCUT2D eigenvalue weighted by Gasteiger charge is -2.19. The lowest BCUT2D eigenvalue weighted by Crippen LogP contribution is -2.11. The SMILES string of the molecule is CN(c1ccc(S(C)(=O)=O)cc1)c1ncnc2sccc12. The van der Waals surface area contributed by atoms with Gasteiger partial charge in [0.15, 0.2) is 9.84 Å². The molecule has 0 amide bonds. The highest BCUT2D eigenvalue weighted by atomic mass is 32.2. The lowest BCUT2D eigenvalue weighted by atomic mass is 10.2. The fourth-order valence-electron chi connectivity index (χ4n) is 2.08. The van der Waals surface area contributed by atoms with Crippen molar-refractivity contribution in [2.45, 2.75) is 4.90 Å². The molecular weight excluding hydrogens is 306 g/mol. The van der Waals surface area contributed by atoms with Crippen LogP contribution in [0.25, 0.3) is 10.2 Å². The third-order valence-corrected chi connectivity index (χ3v) is 5.16. The second-order valence-electron chi connectivity index (χ2n) is 4.66. The minimum absolute atomic E-state index is 0.308. The number of hydrogen-bond donors (Lipinski definition) is 0. The molecule has 0 saturated heterocycles. The van der Waals surface area contributed by atoms with Crippen molar-refractivity contribution in [2.24, 2.45) is 0 Å². The van der Waals surface area contributed by atoms with E-state index >= 15 is 0 Å². The highest BCUT2D eigenvalue weighted by Crippen LogP contribution is 2.30. The fourth-order valence-corrected chi connectivity index (χ4v) is 3.44. The van der Waals surface area contributed by atoms with Crippen LogP contribution in [0.3, 0.4) is 0 Å². The van der Waals surface area contributed by atoms with Crippen molar-refractivity contribution in [1.82, 2.24) is 9.97 Å². The number of aromatic nitrogens is 2. The standard InChI is InChI=1S/C14H13N3O2S2/c1-17(10-3-5-11(6-4-10)21(2,18)19)13-12-7-8-20-14(12)16-9-15-13/h3-9H,1-2H3. The Bertz CT molecular complexity index is 886. The molecule has 0 radical (unpaired) electrons. The van der Waals surface area contributed by atoms with E-state index in [4.69, 9.17) is 0 Å². The number of hydrogen-bond acceptors (Lipinski definition) is 6. The molecule has 5 nitrogen and oxygen atoms in total. The first-order valence-electron chi connectivity index (χ1n) is 6.19. The van der Waals surface area contributed by atoms with Gasteiger partial charge >= 0.3 is 0 Å². The summed E-state index contributed by atoms with van der Waals surface area (Å²) in [7, 11) is -1.28. The first kappa shape index (κ1) is 14.0. The van der Waals surface area contributed by atoms with Crippen molar-refractivity contribution in [2.75, 3.05) is 18.2 Å². The normalized spacial score (nSPS) is 11.7. The zero-order chi connectivity index (χ0) is 15.0. The van der Waals surface area contributed by atoms with Crippen LogP contribution in [-0.4, -0.2) is 31.7 Å². The first-order chi connectivity index (χ1) is 9.97. The van der Waals surface area contributed by atoms with Crippen molar-refractivity contribution >= 4 is 42.9 Å². The highest BCUT2D eigenvalue weighted by molar-refractivity contribution is 7.90. The first-order valence-corrected chi connectivity index (χ1v) is 8.96. The quantitative estimate of drug-likeness (QED) is 0.743. The van der Waals surface area contributed by atoms with Gasteiger partial charge in [0, 0.05) is 19.0 Å². The summed E-state index contributed by atoms with van der Waals surface area (Å²) in [4.78, 5) is 11.7. The Kier molecular flexibility index (Phi) is 3.38. The second-order valence-corrected chi connectivity index (χ2v) is 7.57. The average Bonchev–Trinajstić information content (AvgIpc) is 2.94. The van der Waals surface area contributed by atoms with Gasteiger partial charge in [-0.1, -0.05) is 0 Å². The molecule has 0 N–H and O–H groups in total. The van der Waals surface area contributed by atoms with Gasteiger partial charge in [0.05, 0.1) is 10.3 Å². The summed E-state index contributed by atoms with van der Waals surface area (Å²) >= 11 is 1.56. The molecule has 0 saturated carbocycles. The zero-order valence-electron chi connectivity index (χ0n) is 11.5. The minimum Gasteiger partial charge on any atom is -0.329 e. The Labute approximate surface area is 126 Å². The molecule has 2 heterocycles. The number of rotatable bonds is 3. The van der Waals surface area contributed by atoms with Gasteiger partial charge in [-0.25, -0.2) is 18.4 Å². The van der Waals surface area contributed by atoms with Crippen LogP contribution >= 0.6 is 11.3 Å². The maximum Gasteiger partial charge on any atom is 0.175 e. The van der Waals surface area contributed by atoms with Crippen molar-refractivity contribution in [3.05, 3.63) is 42.0 Å². The lowest BCUT2D eigenvalue weighted by molar-refractivity contribution is 0.602. The smallest absolute Gasteiger partial charge is 0.175 e. The highest BCUT2D eigenvalue weighted by Gasteiger charge is 2.12. The van der Waals surface area contributed by atoms with E-state index in [9.17, 15) is 8.42 Å². The van der Waals surface area contributed by atoms with Crippen LogP contribution in [0.4, 0.5) is 11.5 Å². The maximum atomic E-state index is 11.5. The number of thiophene rings is 1. The van der Waals surface area contributed by atoms with E-state index < -0.39 is 9.84 Å². The van der Waals surface area contributed by atoms with Gasteiger partial charge in [-0.15, -0.1) is 11.3 Å². The van der Waals surface area contributed by atoms with Gasteiger partial charge < -0.3 is 4.90 Å². The number of nitrogens with zero attached hydrogens (tertiary/aromatic N) is 3. The number of benzene rings is 1. The molecule has 1 aromatic carbocycles. The van der Waals surface area contributed by atoms with E-state index in [-0.39, 0.29) is 0 Å². The molecule has 7 heteroatoms. The summed E-state index contributed by atoms with van der Waals surface area (Å²) < 4.78 is 23.0. The molecule has 2 aromatic heterocycles. The summed E-state index contributed by atoms with van der Waals surface area (Å²) in [5.41, 5.74) is 0.869. The molecule has 108 valence electrons. The van der Waals surface area contributed by atoms with Crippen LogP contribution in [0.5, 0.6) is 0 Å². The minimum atomic E-state index is -3.18. The summed E-state index contributed by atoms with van der Waals surface area (Å²) in [6.45, 7) is 0. The van der Waals surface area contributed by atoms with Gasteiger partial charge in [0.1, 0.15) is 17.0 Å². The number of anilines is 2. The van der Waals surface area contributed by atoms with Crippen LogP contribution in [0.1, 0.15) is 0 Å². The summed E-state index contributed by atoms with van der Waals surface area (Å²) in [5.74, 6) is 0.799. The van der Waals surface area contributed by atoms with Crippen molar-refractivity contribution in [1.29, 1.82) is 0 Å². The molecule has 0 unspecified atom stereocenters. The third kappa shape index (κ3) is 2.62. The molecule has 0 fully saturated rings. The van der Waals surface area contributed by atoms with Gasteiger partial charge in [-0.2, -0.15) is 0 Å². The van der Waals surface area contributed by atoms with Crippen LogP contribution in [-0.2, 0) is 9.84 Å². The molecule has 3 rings (SSSR count). The molecule has 21 heavy (non-hydrogen) atoms. The van der Waals surface area contributed by atoms with Crippen LogP contribution in [0.15, 0.2) is 46.9 Å². The zero-order valence-corrected chi connectivity index (χ0v) is 13.1. The van der Waals surface area contributed by atoms with Gasteiger partial charge in [0.2, 0.25) is 0 Å². The number of sulfone groups is 1. The van der Waals surface area contributed by atoms with E-state index in [0.29, 0.717) is 4.90 Å². The van der Waals surface area contributed by atoms with Gasteiger partial charge in [-0.05, 0) is 35.7 Å². The molecule has 0 aliphatic heterocycles. The van der Waals surface area contributed by atoms with Crippen molar-refractivity contribution in [3.8, 4) is 0 Å². The predicted octanol–water partition coefficient (Wildman–Crippen LogP) is 2.86.